The molecule has 0 saturated carbocycles. The fraction of sp³-hybridized carbons (Fsp3) is 0.214. The van der Waals surface area contributed by atoms with Crippen molar-refractivity contribution in [3.05, 3.63) is 41.3 Å². The second-order valence-corrected chi connectivity index (χ2v) is 5.31. The van der Waals surface area contributed by atoms with Gasteiger partial charge in [-0.2, -0.15) is 0 Å². The summed E-state index contributed by atoms with van der Waals surface area (Å²) in [5.74, 6) is -0.261. The van der Waals surface area contributed by atoms with Gasteiger partial charge in [-0.05, 0) is 36.9 Å². The van der Waals surface area contributed by atoms with Crippen LogP contribution in [0.25, 0.3) is 11.4 Å². The summed E-state index contributed by atoms with van der Waals surface area (Å²) in [4.78, 5) is 19.8. The highest BCUT2D eigenvalue weighted by Gasteiger charge is 2.18. The van der Waals surface area contributed by atoms with Gasteiger partial charge in [0.15, 0.2) is 5.82 Å². The van der Waals surface area contributed by atoms with Crippen LogP contribution in [0, 0.1) is 12.7 Å². The molecule has 2 aromatic rings. The van der Waals surface area contributed by atoms with Crippen molar-refractivity contribution in [3.63, 3.8) is 0 Å². The van der Waals surface area contributed by atoms with Crippen LogP contribution in [-0.4, -0.2) is 26.8 Å². The standard InChI is InChI=1S/C14H13FN2O2S/c1-3-20-13-11(14(18)19)8(2)16-12(17-13)9-4-6-10(15)7-5-9/h4-7H,3H2,1-2H3,(H,18,19). The van der Waals surface area contributed by atoms with Crippen molar-refractivity contribution in [2.24, 2.45) is 0 Å². The molecule has 104 valence electrons. The van der Waals surface area contributed by atoms with E-state index in [2.05, 4.69) is 9.97 Å². The molecule has 0 aliphatic carbocycles. The fourth-order valence-electron chi connectivity index (χ4n) is 1.76. The van der Waals surface area contributed by atoms with E-state index in [-0.39, 0.29) is 11.4 Å². The first kappa shape index (κ1) is 14.5. The summed E-state index contributed by atoms with van der Waals surface area (Å²) in [5.41, 5.74) is 1.19. The Hall–Kier alpha value is -1.95. The van der Waals surface area contributed by atoms with Gasteiger partial charge >= 0.3 is 5.97 Å². The highest BCUT2D eigenvalue weighted by Crippen LogP contribution is 2.26. The molecule has 0 aliphatic heterocycles. The van der Waals surface area contributed by atoms with E-state index in [1.54, 1.807) is 19.1 Å². The summed E-state index contributed by atoms with van der Waals surface area (Å²) in [6.07, 6.45) is 0. The Morgan fingerprint density at radius 2 is 1.95 bits per heavy atom. The third-order valence-corrected chi connectivity index (χ3v) is 3.51. The number of aromatic carboxylic acids is 1. The van der Waals surface area contributed by atoms with Crippen molar-refractivity contribution in [2.45, 2.75) is 18.9 Å². The Morgan fingerprint density at radius 1 is 1.30 bits per heavy atom. The molecule has 1 N–H and O–H groups in total. The number of hydrogen-bond donors (Lipinski definition) is 1. The van der Waals surface area contributed by atoms with Gasteiger partial charge in [0.25, 0.3) is 0 Å². The van der Waals surface area contributed by atoms with Gasteiger partial charge in [0.05, 0.1) is 5.69 Å². The van der Waals surface area contributed by atoms with Crippen molar-refractivity contribution in [1.29, 1.82) is 0 Å². The molecule has 1 heterocycles. The SMILES string of the molecule is CCSc1nc(-c2ccc(F)cc2)nc(C)c1C(=O)O. The van der Waals surface area contributed by atoms with E-state index in [9.17, 15) is 14.3 Å². The lowest BCUT2D eigenvalue weighted by molar-refractivity contribution is 0.0691. The van der Waals surface area contributed by atoms with E-state index >= 15 is 0 Å². The van der Waals surface area contributed by atoms with Crippen molar-refractivity contribution in [1.82, 2.24) is 9.97 Å². The molecule has 0 saturated heterocycles. The van der Waals surface area contributed by atoms with Crippen LogP contribution in [0.1, 0.15) is 23.0 Å². The topological polar surface area (TPSA) is 63.1 Å². The molecule has 0 spiro atoms. The molecule has 1 aromatic carbocycles. The summed E-state index contributed by atoms with van der Waals surface area (Å²) in [5, 5.41) is 9.66. The Kier molecular flexibility index (Phi) is 4.34. The monoisotopic (exact) mass is 292 g/mol. The maximum atomic E-state index is 12.9. The van der Waals surface area contributed by atoms with E-state index < -0.39 is 5.97 Å². The van der Waals surface area contributed by atoms with Gasteiger partial charge in [-0.15, -0.1) is 11.8 Å². The average Bonchev–Trinajstić information content (AvgIpc) is 2.38. The molecule has 0 bridgehead atoms. The Balaban J connectivity index is 2.56. The van der Waals surface area contributed by atoms with Gasteiger partial charge in [0, 0.05) is 5.56 Å². The molecule has 4 nitrogen and oxygen atoms in total. The Labute approximate surface area is 120 Å². The van der Waals surface area contributed by atoms with E-state index in [1.807, 2.05) is 6.92 Å². The van der Waals surface area contributed by atoms with E-state index in [1.165, 1.54) is 23.9 Å². The predicted octanol–water partition coefficient (Wildman–Crippen LogP) is 3.40. The first-order chi connectivity index (χ1) is 9.52. The lowest BCUT2D eigenvalue weighted by atomic mass is 10.2. The maximum Gasteiger partial charge on any atom is 0.340 e. The number of carbonyl (C=O) groups is 1. The number of carboxylic acids is 1. The Morgan fingerprint density at radius 3 is 2.50 bits per heavy atom. The highest BCUT2D eigenvalue weighted by molar-refractivity contribution is 7.99. The average molecular weight is 292 g/mol. The number of aromatic nitrogens is 2. The fourth-order valence-corrected chi connectivity index (χ4v) is 2.57. The van der Waals surface area contributed by atoms with Crippen molar-refractivity contribution >= 4 is 17.7 Å². The third kappa shape index (κ3) is 2.96. The van der Waals surface area contributed by atoms with Crippen LogP contribution in [-0.2, 0) is 0 Å². The highest BCUT2D eigenvalue weighted by atomic mass is 32.2. The van der Waals surface area contributed by atoms with Gasteiger partial charge in [-0.25, -0.2) is 19.2 Å². The Bertz CT molecular complexity index is 644. The zero-order chi connectivity index (χ0) is 14.7. The normalized spacial score (nSPS) is 10.6. The second-order valence-electron chi connectivity index (χ2n) is 4.06. The number of halogens is 1. The summed E-state index contributed by atoms with van der Waals surface area (Å²) >= 11 is 1.35. The molecule has 0 amide bonds. The minimum absolute atomic E-state index is 0.128. The van der Waals surface area contributed by atoms with Crippen molar-refractivity contribution < 1.29 is 14.3 Å². The zero-order valence-corrected chi connectivity index (χ0v) is 11.9. The molecule has 0 atom stereocenters. The zero-order valence-electron chi connectivity index (χ0n) is 11.1. The summed E-state index contributed by atoms with van der Waals surface area (Å²) in [6, 6.07) is 5.80. The molecule has 1 aromatic heterocycles. The van der Waals surface area contributed by atoms with Gasteiger partial charge in [-0.1, -0.05) is 6.92 Å². The van der Waals surface area contributed by atoms with Crippen LogP contribution in [0.5, 0.6) is 0 Å². The van der Waals surface area contributed by atoms with Crippen LogP contribution >= 0.6 is 11.8 Å². The molecule has 0 fully saturated rings. The molecular weight excluding hydrogens is 279 g/mol. The van der Waals surface area contributed by atoms with Gasteiger partial charge in [0.2, 0.25) is 0 Å². The van der Waals surface area contributed by atoms with Crippen LogP contribution in [0.15, 0.2) is 29.3 Å². The minimum atomic E-state index is -1.04. The van der Waals surface area contributed by atoms with Gasteiger partial charge in [-0.3, -0.25) is 0 Å². The lowest BCUT2D eigenvalue weighted by Crippen LogP contribution is -2.08. The number of aryl methyl sites for hydroxylation is 1. The quantitative estimate of drug-likeness (QED) is 0.691. The number of hydrogen-bond acceptors (Lipinski definition) is 4. The molecule has 0 aliphatic rings. The molecule has 6 heteroatoms. The van der Waals surface area contributed by atoms with E-state index in [4.69, 9.17) is 0 Å². The molecular formula is C14H13FN2O2S. The van der Waals surface area contributed by atoms with Crippen LogP contribution < -0.4 is 0 Å². The first-order valence-electron chi connectivity index (χ1n) is 6.03. The molecule has 0 radical (unpaired) electrons. The number of benzene rings is 1. The summed E-state index contributed by atoms with van der Waals surface area (Å²) < 4.78 is 12.9. The van der Waals surface area contributed by atoms with Crippen molar-refractivity contribution in [3.8, 4) is 11.4 Å². The number of nitrogens with zero attached hydrogens (tertiary/aromatic N) is 2. The van der Waals surface area contributed by atoms with E-state index in [0.29, 0.717) is 27.9 Å². The van der Waals surface area contributed by atoms with Gasteiger partial charge in [0.1, 0.15) is 16.4 Å². The first-order valence-corrected chi connectivity index (χ1v) is 7.02. The molecule has 2 rings (SSSR count). The lowest BCUT2D eigenvalue weighted by Gasteiger charge is -2.09. The minimum Gasteiger partial charge on any atom is -0.478 e. The second kappa shape index (κ2) is 6.00. The summed E-state index contributed by atoms with van der Waals surface area (Å²) in [7, 11) is 0. The number of carboxylic acid groups (broad SMARTS) is 1. The smallest absolute Gasteiger partial charge is 0.340 e. The summed E-state index contributed by atoms with van der Waals surface area (Å²) in [6.45, 7) is 3.56. The predicted molar refractivity (Wildman–Crippen MR) is 75.5 cm³/mol. The van der Waals surface area contributed by atoms with Gasteiger partial charge < -0.3 is 5.11 Å². The third-order valence-electron chi connectivity index (χ3n) is 2.65. The number of thioether (sulfide) groups is 1. The number of rotatable bonds is 4. The van der Waals surface area contributed by atoms with Crippen molar-refractivity contribution in [2.75, 3.05) is 5.75 Å². The van der Waals surface area contributed by atoms with E-state index in [0.717, 1.165) is 0 Å². The molecule has 0 unspecified atom stereocenters. The van der Waals surface area contributed by atoms with Crippen LogP contribution in [0.3, 0.4) is 0 Å². The van der Waals surface area contributed by atoms with Crippen LogP contribution in [0.2, 0.25) is 0 Å². The maximum absolute atomic E-state index is 12.9. The largest absolute Gasteiger partial charge is 0.478 e. The van der Waals surface area contributed by atoms with Crippen LogP contribution in [0.4, 0.5) is 4.39 Å². The molecule has 20 heavy (non-hydrogen) atoms.